The lowest BCUT2D eigenvalue weighted by Crippen LogP contribution is -2.28. The summed E-state index contributed by atoms with van der Waals surface area (Å²) >= 11 is 6.70. The van der Waals surface area contributed by atoms with Crippen molar-refractivity contribution in [2.45, 2.75) is 13.5 Å². The molecule has 0 aliphatic carbocycles. The Morgan fingerprint density at radius 2 is 2.14 bits per heavy atom. The van der Waals surface area contributed by atoms with Crippen molar-refractivity contribution in [3.8, 4) is 0 Å². The van der Waals surface area contributed by atoms with Gasteiger partial charge in [0.2, 0.25) is 0 Å². The highest BCUT2D eigenvalue weighted by molar-refractivity contribution is 7.80. The van der Waals surface area contributed by atoms with E-state index >= 15 is 0 Å². The van der Waals surface area contributed by atoms with Crippen LogP contribution in [0.3, 0.4) is 0 Å². The van der Waals surface area contributed by atoms with Gasteiger partial charge in [0.05, 0.1) is 12.7 Å². The Hall–Kier alpha value is -1.99. The number of hydrogen-bond donors (Lipinski definition) is 2. The minimum atomic E-state index is -0.376. The number of thiophene rings is 1. The molecule has 0 atom stereocenters. The molecule has 0 aliphatic heterocycles. The summed E-state index contributed by atoms with van der Waals surface area (Å²) < 4.78 is 4.76. The van der Waals surface area contributed by atoms with E-state index in [2.05, 4.69) is 15.6 Å². The van der Waals surface area contributed by atoms with Crippen LogP contribution in [0.4, 0.5) is 5.00 Å². The predicted molar refractivity (Wildman–Crippen MR) is 87.7 cm³/mol. The molecule has 0 spiro atoms. The van der Waals surface area contributed by atoms with E-state index < -0.39 is 0 Å². The van der Waals surface area contributed by atoms with Gasteiger partial charge >= 0.3 is 5.97 Å². The molecule has 2 aromatic rings. The van der Waals surface area contributed by atoms with Crippen molar-refractivity contribution < 1.29 is 9.53 Å². The second-order valence-corrected chi connectivity index (χ2v) is 5.92. The second-order valence-electron chi connectivity index (χ2n) is 4.25. The SMILES string of the molecule is COC(=O)c1cc(C)sc1NC(=S)NCc1ccncc1. The molecule has 0 saturated carbocycles. The van der Waals surface area contributed by atoms with Crippen molar-refractivity contribution in [2.24, 2.45) is 0 Å². The van der Waals surface area contributed by atoms with Gasteiger partial charge in [-0.3, -0.25) is 4.98 Å². The number of carbonyl (C=O) groups excluding carboxylic acids is 1. The zero-order valence-electron chi connectivity index (χ0n) is 11.7. The number of esters is 1. The molecule has 110 valence electrons. The van der Waals surface area contributed by atoms with Gasteiger partial charge in [-0.1, -0.05) is 0 Å². The third kappa shape index (κ3) is 4.24. The molecule has 0 amide bonds. The van der Waals surface area contributed by atoms with Crippen LogP contribution in [-0.4, -0.2) is 23.2 Å². The van der Waals surface area contributed by atoms with Crippen molar-refractivity contribution in [3.05, 3.63) is 46.6 Å². The van der Waals surface area contributed by atoms with Crippen molar-refractivity contribution >= 4 is 39.6 Å². The highest BCUT2D eigenvalue weighted by atomic mass is 32.1. The van der Waals surface area contributed by atoms with Gasteiger partial charge in [-0.25, -0.2) is 4.79 Å². The summed E-state index contributed by atoms with van der Waals surface area (Å²) in [7, 11) is 1.36. The van der Waals surface area contributed by atoms with Crippen molar-refractivity contribution in [2.75, 3.05) is 12.4 Å². The number of anilines is 1. The Labute approximate surface area is 132 Å². The quantitative estimate of drug-likeness (QED) is 0.667. The van der Waals surface area contributed by atoms with Gasteiger partial charge in [-0.15, -0.1) is 11.3 Å². The molecular weight excluding hydrogens is 306 g/mol. The van der Waals surface area contributed by atoms with Gasteiger partial charge in [0.25, 0.3) is 0 Å². The summed E-state index contributed by atoms with van der Waals surface area (Å²) in [5.41, 5.74) is 1.57. The summed E-state index contributed by atoms with van der Waals surface area (Å²) in [6.07, 6.45) is 3.46. The number of methoxy groups -OCH3 is 1. The topological polar surface area (TPSA) is 63.2 Å². The molecule has 0 fully saturated rings. The zero-order valence-corrected chi connectivity index (χ0v) is 13.3. The maximum Gasteiger partial charge on any atom is 0.340 e. The van der Waals surface area contributed by atoms with Gasteiger partial charge in [0.1, 0.15) is 5.00 Å². The number of hydrogen-bond acceptors (Lipinski definition) is 5. The maximum atomic E-state index is 11.7. The van der Waals surface area contributed by atoms with Crippen LogP contribution in [0, 0.1) is 6.92 Å². The molecule has 2 N–H and O–H groups in total. The smallest absolute Gasteiger partial charge is 0.340 e. The fraction of sp³-hybridized carbons (Fsp3) is 0.214. The van der Waals surface area contributed by atoms with E-state index in [0.29, 0.717) is 22.2 Å². The van der Waals surface area contributed by atoms with E-state index in [1.54, 1.807) is 18.5 Å². The Balaban J connectivity index is 1.98. The first-order valence-electron chi connectivity index (χ1n) is 6.22. The number of aromatic nitrogens is 1. The molecule has 2 aromatic heterocycles. The third-order valence-corrected chi connectivity index (χ3v) is 3.90. The molecule has 21 heavy (non-hydrogen) atoms. The maximum absolute atomic E-state index is 11.7. The average Bonchev–Trinajstić information content (AvgIpc) is 2.86. The largest absolute Gasteiger partial charge is 0.465 e. The number of aryl methyl sites for hydroxylation is 1. The Kier molecular flexibility index (Phi) is 5.24. The van der Waals surface area contributed by atoms with Crippen LogP contribution in [0.5, 0.6) is 0 Å². The van der Waals surface area contributed by atoms with Gasteiger partial charge in [-0.2, -0.15) is 0 Å². The van der Waals surface area contributed by atoms with Crippen molar-refractivity contribution in [1.29, 1.82) is 0 Å². The van der Waals surface area contributed by atoms with Crippen molar-refractivity contribution in [3.63, 3.8) is 0 Å². The van der Waals surface area contributed by atoms with Gasteiger partial charge in [0, 0.05) is 23.8 Å². The highest BCUT2D eigenvalue weighted by Crippen LogP contribution is 2.28. The lowest BCUT2D eigenvalue weighted by molar-refractivity contribution is 0.0602. The summed E-state index contributed by atoms with van der Waals surface area (Å²) in [5, 5.41) is 7.27. The Bertz CT molecular complexity index is 641. The van der Waals surface area contributed by atoms with E-state index in [-0.39, 0.29) is 5.97 Å². The lowest BCUT2D eigenvalue weighted by Gasteiger charge is -2.10. The normalized spacial score (nSPS) is 10.0. The van der Waals surface area contributed by atoms with Crippen LogP contribution in [0.1, 0.15) is 20.8 Å². The fourth-order valence-electron chi connectivity index (χ4n) is 1.70. The van der Waals surface area contributed by atoms with Crippen LogP contribution in [0.2, 0.25) is 0 Å². The van der Waals surface area contributed by atoms with Gasteiger partial charge < -0.3 is 15.4 Å². The standard InChI is InChI=1S/C14H15N3O2S2/c1-9-7-11(13(18)19-2)12(21-9)17-14(20)16-8-10-3-5-15-6-4-10/h3-7H,8H2,1-2H3,(H2,16,17,20). The van der Waals surface area contributed by atoms with Crippen LogP contribution < -0.4 is 10.6 Å². The molecule has 0 unspecified atom stereocenters. The van der Waals surface area contributed by atoms with E-state index in [4.69, 9.17) is 17.0 Å². The number of nitrogens with one attached hydrogen (secondary N) is 2. The molecule has 5 nitrogen and oxygen atoms in total. The molecule has 0 saturated heterocycles. The van der Waals surface area contributed by atoms with Gasteiger partial charge in [-0.05, 0) is 42.9 Å². The monoisotopic (exact) mass is 321 g/mol. The van der Waals surface area contributed by atoms with E-state index in [9.17, 15) is 4.79 Å². The summed E-state index contributed by atoms with van der Waals surface area (Å²) in [6.45, 7) is 2.52. The first-order valence-corrected chi connectivity index (χ1v) is 7.45. The van der Waals surface area contributed by atoms with E-state index in [1.165, 1.54) is 18.4 Å². The molecule has 0 aromatic carbocycles. The highest BCUT2D eigenvalue weighted by Gasteiger charge is 2.16. The minimum absolute atomic E-state index is 0.376. The van der Waals surface area contributed by atoms with E-state index in [0.717, 1.165) is 10.4 Å². The number of nitrogens with zero attached hydrogens (tertiary/aromatic N) is 1. The van der Waals surface area contributed by atoms with Crippen LogP contribution in [-0.2, 0) is 11.3 Å². The third-order valence-electron chi connectivity index (χ3n) is 2.69. The second kappa shape index (κ2) is 7.14. The first-order chi connectivity index (χ1) is 10.1. The average molecular weight is 321 g/mol. The molecule has 7 heteroatoms. The lowest BCUT2D eigenvalue weighted by atomic mass is 10.3. The molecular formula is C14H15N3O2S2. The van der Waals surface area contributed by atoms with Gasteiger partial charge in [0.15, 0.2) is 5.11 Å². The molecule has 2 rings (SSSR count). The fourth-order valence-corrected chi connectivity index (χ4v) is 2.84. The Morgan fingerprint density at radius 1 is 1.43 bits per heavy atom. The van der Waals surface area contributed by atoms with Crippen LogP contribution in [0.15, 0.2) is 30.6 Å². The number of rotatable bonds is 4. The minimum Gasteiger partial charge on any atom is -0.465 e. The first kappa shape index (κ1) is 15.4. The molecule has 0 bridgehead atoms. The van der Waals surface area contributed by atoms with Crippen molar-refractivity contribution in [1.82, 2.24) is 10.3 Å². The predicted octanol–water partition coefficient (Wildman–Crippen LogP) is 2.72. The summed E-state index contributed by atoms with van der Waals surface area (Å²) in [4.78, 5) is 16.6. The van der Waals surface area contributed by atoms with Crippen LogP contribution in [0.25, 0.3) is 0 Å². The summed E-state index contributed by atoms with van der Waals surface area (Å²) in [5.74, 6) is -0.376. The number of ether oxygens (including phenoxy) is 1. The number of pyridine rings is 1. The number of thiocarbonyl (C=S) groups is 1. The molecule has 0 aliphatic rings. The summed E-state index contributed by atoms with van der Waals surface area (Å²) in [6, 6.07) is 5.60. The molecule has 0 radical (unpaired) electrons. The molecule has 2 heterocycles. The Morgan fingerprint density at radius 3 is 2.81 bits per heavy atom. The van der Waals surface area contributed by atoms with E-state index in [1.807, 2.05) is 19.1 Å². The van der Waals surface area contributed by atoms with Crippen LogP contribution >= 0.6 is 23.6 Å². The number of carbonyl (C=O) groups is 1. The zero-order chi connectivity index (χ0) is 15.2.